The molecule has 5 heteroatoms. The summed E-state index contributed by atoms with van der Waals surface area (Å²) in [6.45, 7) is 5.59. The van der Waals surface area contributed by atoms with Gasteiger partial charge in [-0.15, -0.1) is 11.3 Å². The van der Waals surface area contributed by atoms with E-state index in [1.54, 1.807) is 16.2 Å². The third kappa shape index (κ3) is 2.42. The van der Waals surface area contributed by atoms with E-state index in [4.69, 9.17) is 4.98 Å². The lowest BCUT2D eigenvalue weighted by atomic mass is 9.99. The third-order valence-electron chi connectivity index (χ3n) is 5.02. The average molecular weight is 304 g/mol. The fourth-order valence-corrected chi connectivity index (χ4v) is 5.00. The maximum Gasteiger partial charge on any atom is 0.260 e. The third-order valence-corrected chi connectivity index (χ3v) is 6.21. The molecule has 2 aromatic heterocycles. The average Bonchev–Trinajstić information content (AvgIpc) is 3.01. The van der Waals surface area contributed by atoms with Crippen molar-refractivity contribution in [2.75, 3.05) is 13.1 Å². The van der Waals surface area contributed by atoms with E-state index in [9.17, 15) is 4.79 Å². The summed E-state index contributed by atoms with van der Waals surface area (Å²) in [5.41, 5.74) is 1.36. The van der Waals surface area contributed by atoms with Gasteiger partial charge in [0.1, 0.15) is 11.4 Å². The van der Waals surface area contributed by atoms with Gasteiger partial charge in [0.2, 0.25) is 0 Å². The highest BCUT2D eigenvalue weighted by molar-refractivity contribution is 7.18. The van der Waals surface area contributed by atoms with Crippen molar-refractivity contribution in [1.29, 1.82) is 0 Å². The van der Waals surface area contributed by atoms with Crippen LogP contribution >= 0.6 is 11.3 Å². The molecule has 1 aliphatic carbocycles. The molecule has 112 valence electrons. The van der Waals surface area contributed by atoms with Gasteiger partial charge in [0.25, 0.3) is 5.56 Å². The van der Waals surface area contributed by atoms with Crippen molar-refractivity contribution < 1.29 is 4.90 Å². The number of aromatic amines is 1. The van der Waals surface area contributed by atoms with Gasteiger partial charge in [0, 0.05) is 4.88 Å². The Bertz CT molecular complexity index is 725. The molecule has 0 aromatic carbocycles. The Morgan fingerprint density at radius 1 is 1.33 bits per heavy atom. The summed E-state index contributed by atoms with van der Waals surface area (Å²) < 4.78 is 0. The van der Waals surface area contributed by atoms with E-state index in [0.717, 1.165) is 41.3 Å². The fraction of sp³-hybridized carbons (Fsp3) is 0.625. The van der Waals surface area contributed by atoms with Gasteiger partial charge in [-0.05, 0) is 43.6 Å². The summed E-state index contributed by atoms with van der Waals surface area (Å²) in [5.74, 6) is 1.72. The molecule has 1 aliphatic heterocycles. The molecule has 1 fully saturated rings. The van der Waals surface area contributed by atoms with Gasteiger partial charge in [-0.2, -0.15) is 0 Å². The lowest BCUT2D eigenvalue weighted by Gasteiger charge is -2.26. The van der Waals surface area contributed by atoms with Crippen molar-refractivity contribution in [3.63, 3.8) is 0 Å². The molecule has 0 atom stereocenters. The zero-order valence-electron chi connectivity index (χ0n) is 12.5. The van der Waals surface area contributed by atoms with Crippen LogP contribution in [-0.2, 0) is 19.4 Å². The van der Waals surface area contributed by atoms with Gasteiger partial charge >= 0.3 is 0 Å². The van der Waals surface area contributed by atoms with E-state index in [1.165, 1.54) is 42.8 Å². The standard InChI is InChI=1S/C16H21N3OS/c1-10-5-7-19(8-6-10)9-13-17-15(20)14-11-3-2-4-12(11)21-16(14)18-13/h10H,2-9H2,1H3,(H,17,18,20)/p+1. The largest absolute Gasteiger partial charge is 0.329 e. The summed E-state index contributed by atoms with van der Waals surface area (Å²) in [7, 11) is 0. The molecule has 2 N–H and O–H groups in total. The van der Waals surface area contributed by atoms with Crippen LogP contribution in [0.25, 0.3) is 10.2 Å². The van der Waals surface area contributed by atoms with Gasteiger partial charge in [0.15, 0.2) is 5.82 Å². The molecular formula is C16H22N3OS+. The second-order valence-electron chi connectivity index (χ2n) is 6.66. The normalized spacial score (nSPS) is 25.4. The van der Waals surface area contributed by atoms with Gasteiger partial charge < -0.3 is 9.88 Å². The molecule has 4 nitrogen and oxygen atoms in total. The summed E-state index contributed by atoms with van der Waals surface area (Å²) in [6.07, 6.45) is 5.94. The Morgan fingerprint density at radius 2 is 2.14 bits per heavy atom. The van der Waals surface area contributed by atoms with Crippen molar-refractivity contribution in [3.8, 4) is 0 Å². The topological polar surface area (TPSA) is 50.2 Å². The minimum Gasteiger partial charge on any atom is -0.329 e. The number of quaternary nitrogens is 1. The van der Waals surface area contributed by atoms with Gasteiger partial charge in [-0.3, -0.25) is 4.79 Å². The van der Waals surface area contributed by atoms with Crippen molar-refractivity contribution in [3.05, 3.63) is 26.6 Å². The predicted octanol–water partition coefficient (Wildman–Crippen LogP) is 1.29. The van der Waals surface area contributed by atoms with Gasteiger partial charge in [0.05, 0.1) is 18.5 Å². The maximum absolute atomic E-state index is 12.4. The molecule has 0 bridgehead atoms. The molecule has 2 aliphatic rings. The van der Waals surface area contributed by atoms with Crippen molar-refractivity contribution in [1.82, 2.24) is 9.97 Å². The van der Waals surface area contributed by atoms with Crippen molar-refractivity contribution >= 4 is 21.6 Å². The first-order chi connectivity index (χ1) is 10.2. The highest BCUT2D eigenvalue weighted by Gasteiger charge is 2.23. The number of rotatable bonds is 2. The smallest absolute Gasteiger partial charge is 0.260 e. The van der Waals surface area contributed by atoms with Crippen LogP contribution in [0.4, 0.5) is 0 Å². The van der Waals surface area contributed by atoms with E-state index in [0.29, 0.717) is 0 Å². The summed E-state index contributed by atoms with van der Waals surface area (Å²) in [5, 5.41) is 0.874. The van der Waals surface area contributed by atoms with Gasteiger partial charge in [-0.25, -0.2) is 4.98 Å². The predicted molar refractivity (Wildman–Crippen MR) is 85.1 cm³/mol. The van der Waals surface area contributed by atoms with E-state index < -0.39 is 0 Å². The number of nitrogens with one attached hydrogen (secondary N) is 2. The van der Waals surface area contributed by atoms with Crippen LogP contribution in [0.1, 0.15) is 42.5 Å². The highest BCUT2D eigenvalue weighted by Crippen LogP contribution is 2.34. The molecule has 0 saturated carbocycles. The second-order valence-corrected chi connectivity index (χ2v) is 7.74. The molecule has 0 amide bonds. The van der Waals surface area contributed by atoms with Crippen LogP contribution in [0, 0.1) is 5.92 Å². The number of nitrogens with zero attached hydrogens (tertiary/aromatic N) is 1. The quantitative estimate of drug-likeness (QED) is 0.878. The SMILES string of the molecule is CC1CC[NH+](Cc2nc3sc4c(c3c(=O)[nH]2)CCC4)CC1. The molecule has 0 radical (unpaired) electrons. The Hall–Kier alpha value is -1.20. The number of fused-ring (bicyclic) bond motifs is 3. The lowest BCUT2D eigenvalue weighted by molar-refractivity contribution is -0.920. The first-order valence-corrected chi connectivity index (χ1v) is 8.89. The van der Waals surface area contributed by atoms with Crippen LogP contribution in [-0.4, -0.2) is 23.1 Å². The monoisotopic (exact) mass is 304 g/mol. The van der Waals surface area contributed by atoms with Gasteiger partial charge in [-0.1, -0.05) is 6.92 Å². The molecule has 2 aromatic rings. The van der Waals surface area contributed by atoms with Crippen molar-refractivity contribution in [2.24, 2.45) is 5.92 Å². The highest BCUT2D eigenvalue weighted by atomic mass is 32.1. The van der Waals surface area contributed by atoms with Crippen LogP contribution in [0.5, 0.6) is 0 Å². The van der Waals surface area contributed by atoms with Crippen molar-refractivity contribution in [2.45, 2.75) is 45.6 Å². The summed E-state index contributed by atoms with van der Waals surface area (Å²) in [4.78, 5) is 24.1. The van der Waals surface area contributed by atoms with E-state index in [-0.39, 0.29) is 5.56 Å². The number of aryl methyl sites for hydroxylation is 2. The molecule has 4 rings (SSSR count). The number of likely N-dealkylation sites (tertiary alicyclic amines) is 1. The number of H-pyrrole nitrogens is 1. The zero-order valence-corrected chi connectivity index (χ0v) is 13.3. The Labute approximate surface area is 128 Å². The molecule has 1 saturated heterocycles. The minimum absolute atomic E-state index is 0.0826. The number of aromatic nitrogens is 2. The Morgan fingerprint density at radius 3 is 2.95 bits per heavy atom. The number of hydrogen-bond donors (Lipinski definition) is 2. The molecular weight excluding hydrogens is 282 g/mol. The van der Waals surface area contributed by atoms with Crippen LogP contribution in [0.2, 0.25) is 0 Å². The molecule has 0 spiro atoms. The van der Waals surface area contributed by atoms with E-state index in [1.807, 2.05) is 0 Å². The van der Waals surface area contributed by atoms with Crippen LogP contribution in [0.15, 0.2) is 4.79 Å². The Balaban J connectivity index is 1.63. The van der Waals surface area contributed by atoms with E-state index in [2.05, 4.69) is 11.9 Å². The maximum atomic E-state index is 12.4. The summed E-state index contributed by atoms with van der Waals surface area (Å²) in [6, 6.07) is 0. The first kappa shape index (κ1) is 13.5. The molecule has 21 heavy (non-hydrogen) atoms. The fourth-order valence-electron chi connectivity index (χ4n) is 3.71. The molecule has 0 unspecified atom stereocenters. The van der Waals surface area contributed by atoms with Crippen LogP contribution in [0.3, 0.4) is 0 Å². The second kappa shape index (κ2) is 5.21. The number of hydrogen-bond acceptors (Lipinski definition) is 3. The lowest BCUT2D eigenvalue weighted by Crippen LogP contribution is -3.11. The minimum atomic E-state index is 0.0826. The summed E-state index contributed by atoms with van der Waals surface area (Å²) >= 11 is 1.74. The Kier molecular flexibility index (Phi) is 3.34. The first-order valence-electron chi connectivity index (χ1n) is 8.07. The number of thiophene rings is 1. The zero-order chi connectivity index (χ0) is 14.4. The molecule has 3 heterocycles. The number of piperidine rings is 1. The van der Waals surface area contributed by atoms with E-state index >= 15 is 0 Å². The van der Waals surface area contributed by atoms with Crippen LogP contribution < -0.4 is 10.5 Å².